The lowest BCUT2D eigenvalue weighted by atomic mass is 10.1. The molecule has 0 fully saturated rings. The fourth-order valence-electron chi connectivity index (χ4n) is 3.93. The smallest absolute Gasteiger partial charge is 0.248 e. The lowest BCUT2D eigenvalue weighted by molar-refractivity contribution is 0.415. The summed E-state index contributed by atoms with van der Waals surface area (Å²) < 4.78 is 13.5. The van der Waals surface area contributed by atoms with E-state index in [-0.39, 0.29) is 0 Å². The molecule has 0 saturated carbocycles. The molecule has 0 radical (unpaired) electrons. The highest BCUT2D eigenvalue weighted by atomic mass is 16.5. The zero-order valence-electron chi connectivity index (χ0n) is 17.4. The maximum Gasteiger partial charge on any atom is 0.248 e. The highest BCUT2D eigenvalue weighted by Gasteiger charge is 2.15. The lowest BCUT2D eigenvalue weighted by Gasteiger charge is -2.10. The van der Waals surface area contributed by atoms with Crippen molar-refractivity contribution >= 4 is 17.0 Å². The third-order valence-corrected chi connectivity index (χ3v) is 5.46. The van der Waals surface area contributed by atoms with E-state index in [0.717, 1.165) is 33.8 Å². The maximum atomic E-state index is 5.99. The molecule has 152 valence electrons. The number of aryl methyl sites for hydroxylation is 1. The molecular formula is C26H21N3O2. The average molecular weight is 407 g/mol. The Balaban J connectivity index is 1.59. The second-order valence-electron chi connectivity index (χ2n) is 7.26. The van der Waals surface area contributed by atoms with Crippen molar-refractivity contribution in [1.29, 1.82) is 0 Å². The molecule has 0 aliphatic carbocycles. The predicted octanol–water partition coefficient (Wildman–Crippen LogP) is 6.31. The summed E-state index contributed by atoms with van der Waals surface area (Å²) in [6.07, 6.45) is 1.90. The zero-order chi connectivity index (χ0) is 21.4. The van der Waals surface area contributed by atoms with Crippen LogP contribution >= 0.6 is 0 Å². The van der Waals surface area contributed by atoms with Crippen LogP contribution in [-0.2, 0) is 0 Å². The Morgan fingerprint density at radius 3 is 2.35 bits per heavy atom. The number of hydrogen-bond donors (Lipinski definition) is 0. The van der Waals surface area contributed by atoms with E-state index in [1.807, 2.05) is 48.5 Å². The van der Waals surface area contributed by atoms with Crippen molar-refractivity contribution in [2.24, 2.45) is 0 Å². The molecule has 0 saturated heterocycles. The Labute approximate surface area is 180 Å². The molecule has 2 aromatic heterocycles. The SMILES string of the molecule is C=Cc1c(C)c2ccccc2n1-c1cccc(-c2nnc(-c3cccc(OC)c3)o2)c1. The van der Waals surface area contributed by atoms with Gasteiger partial charge in [-0.15, -0.1) is 10.2 Å². The van der Waals surface area contributed by atoms with Gasteiger partial charge in [0.2, 0.25) is 11.8 Å². The number of rotatable bonds is 5. The summed E-state index contributed by atoms with van der Waals surface area (Å²) in [4.78, 5) is 0. The normalized spacial score (nSPS) is 11.0. The summed E-state index contributed by atoms with van der Waals surface area (Å²) in [6.45, 7) is 6.16. The first-order valence-electron chi connectivity index (χ1n) is 10.0. The number of fused-ring (bicyclic) bond motifs is 1. The van der Waals surface area contributed by atoms with E-state index < -0.39 is 0 Å². The quantitative estimate of drug-likeness (QED) is 0.343. The minimum absolute atomic E-state index is 0.452. The average Bonchev–Trinajstić information content (AvgIpc) is 3.43. The topological polar surface area (TPSA) is 53.1 Å². The Bertz CT molecular complexity index is 1410. The minimum Gasteiger partial charge on any atom is -0.497 e. The highest BCUT2D eigenvalue weighted by Crippen LogP contribution is 2.32. The highest BCUT2D eigenvalue weighted by molar-refractivity contribution is 5.89. The van der Waals surface area contributed by atoms with Gasteiger partial charge >= 0.3 is 0 Å². The second kappa shape index (κ2) is 7.61. The molecule has 3 aromatic carbocycles. The van der Waals surface area contributed by atoms with Crippen LogP contribution < -0.4 is 4.74 Å². The van der Waals surface area contributed by atoms with Crippen LogP contribution in [0.3, 0.4) is 0 Å². The molecule has 0 atom stereocenters. The number of nitrogens with zero attached hydrogens (tertiary/aromatic N) is 3. The van der Waals surface area contributed by atoms with Crippen molar-refractivity contribution in [2.75, 3.05) is 7.11 Å². The van der Waals surface area contributed by atoms with Gasteiger partial charge < -0.3 is 13.7 Å². The molecule has 0 spiro atoms. The molecule has 31 heavy (non-hydrogen) atoms. The van der Waals surface area contributed by atoms with Crippen molar-refractivity contribution in [3.05, 3.63) is 90.6 Å². The van der Waals surface area contributed by atoms with Crippen LogP contribution in [0.4, 0.5) is 0 Å². The summed E-state index contributed by atoms with van der Waals surface area (Å²) in [5.74, 6) is 1.66. The van der Waals surface area contributed by atoms with Crippen LogP contribution in [0.1, 0.15) is 11.3 Å². The first-order valence-corrected chi connectivity index (χ1v) is 10.0. The molecule has 5 nitrogen and oxygen atoms in total. The molecule has 0 amide bonds. The molecule has 5 aromatic rings. The van der Waals surface area contributed by atoms with Crippen LogP contribution in [0.25, 0.3) is 45.6 Å². The molecule has 5 heteroatoms. The van der Waals surface area contributed by atoms with E-state index >= 15 is 0 Å². The van der Waals surface area contributed by atoms with Crippen molar-refractivity contribution in [2.45, 2.75) is 6.92 Å². The van der Waals surface area contributed by atoms with Crippen LogP contribution in [0.15, 0.2) is 83.8 Å². The van der Waals surface area contributed by atoms with Crippen molar-refractivity contribution < 1.29 is 9.15 Å². The standard InChI is InChI=1S/C26H21N3O2/c1-4-23-17(2)22-13-5-6-14-24(22)29(23)20-11-7-9-18(15-20)25-27-28-26(31-25)19-10-8-12-21(16-19)30-3/h4-16H,1H2,2-3H3. The number of para-hydroxylation sites is 1. The summed E-state index contributed by atoms with van der Waals surface area (Å²) >= 11 is 0. The van der Waals surface area contributed by atoms with Gasteiger partial charge in [0.25, 0.3) is 0 Å². The number of benzene rings is 3. The molecule has 5 rings (SSSR count). The first kappa shape index (κ1) is 18.9. The van der Waals surface area contributed by atoms with E-state index in [0.29, 0.717) is 11.8 Å². The maximum absolute atomic E-state index is 5.99. The van der Waals surface area contributed by atoms with Crippen LogP contribution in [0.5, 0.6) is 5.75 Å². The molecule has 0 bridgehead atoms. The third kappa shape index (κ3) is 3.20. The summed E-state index contributed by atoms with van der Waals surface area (Å²) in [5.41, 5.74) is 6.09. The van der Waals surface area contributed by atoms with Crippen LogP contribution in [-0.4, -0.2) is 21.9 Å². The Morgan fingerprint density at radius 1 is 0.903 bits per heavy atom. The second-order valence-corrected chi connectivity index (χ2v) is 7.26. The van der Waals surface area contributed by atoms with Gasteiger partial charge in [0.15, 0.2) is 0 Å². The number of ether oxygens (including phenoxy) is 1. The molecule has 0 aliphatic heterocycles. The van der Waals surface area contributed by atoms with Gasteiger partial charge in [0.1, 0.15) is 5.75 Å². The monoisotopic (exact) mass is 407 g/mol. The Kier molecular flexibility index (Phi) is 4.64. The molecular weight excluding hydrogens is 386 g/mol. The van der Waals surface area contributed by atoms with Gasteiger partial charge in [-0.25, -0.2) is 0 Å². The van der Waals surface area contributed by atoms with Gasteiger partial charge in [-0.1, -0.05) is 36.9 Å². The van der Waals surface area contributed by atoms with E-state index in [4.69, 9.17) is 9.15 Å². The molecule has 0 N–H and O–H groups in total. The number of aromatic nitrogens is 3. The summed E-state index contributed by atoms with van der Waals surface area (Å²) in [6, 6.07) is 24.0. The fraction of sp³-hybridized carbons (Fsp3) is 0.0769. The number of methoxy groups -OCH3 is 1. The van der Waals surface area contributed by atoms with Crippen molar-refractivity contribution in [3.8, 4) is 34.3 Å². The molecule has 0 aliphatic rings. The van der Waals surface area contributed by atoms with Crippen molar-refractivity contribution in [1.82, 2.24) is 14.8 Å². The minimum atomic E-state index is 0.452. The third-order valence-electron chi connectivity index (χ3n) is 5.46. The van der Waals surface area contributed by atoms with E-state index in [1.165, 1.54) is 10.9 Å². The zero-order valence-corrected chi connectivity index (χ0v) is 17.4. The van der Waals surface area contributed by atoms with E-state index in [9.17, 15) is 0 Å². The fourth-order valence-corrected chi connectivity index (χ4v) is 3.93. The van der Waals surface area contributed by atoms with Gasteiger partial charge in [-0.05, 0) is 61.0 Å². The Morgan fingerprint density at radius 2 is 1.61 bits per heavy atom. The Hall–Kier alpha value is -4.12. The molecule has 0 unspecified atom stereocenters. The van der Waals surface area contributed by atoms with Gasteiger partial charge in [-0.3, -0.25) is 0 Å². The van der Waals surface area contributed by atoms with Gasteiger partial charge in [0, 0.05) is 27.9 Å². The molecule has 2 heterocycles. The number of hydrogen-bond acceptors (Lipinski definition) is 4. The van der Waals surface area contributed by atoms with E-state index in [2.05, 4.69) is 58.6 Å². The van der Waals surface area contributed by atoms with Crippen molar-refractivity contribution in [3.63, 3.8) is 0 Å². The van der Waals surface area contributed by atoms with E-state index in [1.54, 1.807) is 7.11 Å². The largest absolute Gasteiger partial charge is 0.497 e. The van der Waals surface area contributed by atoms with Crippen LogP contribution in [0.2, 0.25) is 0 Å². The van der Waals surface area contributed by atoms with Gasteiger partial charge in [0.05, 0.1) is 12.6 Å². The first-order chi connectivity index (χ1) is 15.2. The predicted molar refractivity (Wildman–Crippen MR) is 123 cm³/mol. The summed E-state index contributed by atoms with van der Waals surface area (Å²) in [5, 5.41) is 9.72. The lowest BCUT2D eigenvalue weighted by Crippen LogP contribution is -1.97. The summed E-state index contributed by atoms with van der Waals surface area (Å²) in [7, 11) is 1.63. The van der Waals surface area contributed by atoms with Gasteiger partial charge in [-0.2, -0.15) is 0 Å². The van der Waals surface area contributed by atoms with Crippen LogP contribution in [0, 0.1) is 6.92 Å².